The van der Waals surface area contributed by atoms with E-state index in [0.717, 1.165) is 12.3 Å². The molecule has 110 valence electrons. The minimum Gasteiger partial charge on any atom is -0.490 e. The van der Waals surface area contributed by atoms with Gasteiger partial charge in [-0.1, -0.05) is 12.1 Å². The van der Waals surface area contributed by atoms with Crippen LogP contribution in [-0.4, -0.2) is 25.2 Å². The van der Waals surface area contributed by atoms with Crippen LogP contribution in [0.4, 0.5) is 0 Å². The first-order chi connectivity index (χ1) is 9.78. The van der Waals surface area contributed by atoms with Crippen molar-refractivity contribution in [3.63, 3.8) is 0 Å². The van der Waals surface area contributed by atoms with Crippen molar-refractivity contribution in [2.24, 2.45) is 0 Å². The second-order valence-electron chi connectivity index (χ2n) is 5.05. The zero-order valence-electron chi connectivity index (χ0n) is 12.1. The van der Waals surface area contributed by atoms with Gasteiger partial charge in [-0.3, -0.25) is 4.79 Å². The van der Waals surface area contributed by atoms with E-state index >= 15 is 0 Å². The zero-order chi connectivity index (χ0) is 14.2. The maximum Gasteiger partial charge on any atom is 0.307 e. The predicted octanol–water partition coefficient (Wildman–Crippen LogP) is 2.66. The summed E-state index contributed by atoms with van der Waals surface area (Å²) in [6.07, 6.45) is 4.47. The Hall–Kier alpha value is -1.55. The van der Waals surface area contributed by atoms with Gasteiger partial charge in [-0.15, -0.1) is 0 Å². The van der Waals surface area contributed by atoms with Crippen molar-refractivity contribution >= 4 is 5.97 Å². The number of nitrogens with one attached hydrogen (secondary N) is 1. The van der Waals surface area contributed by atoms with Crippen LogP contribution in [0.3, 0.4) is 0 Å². The second-order valence-corrected chi connectivity index (χ2v) is 5.05. The summed E-state index contributed by atoms with van der Waals surface area (Å²) in [5.41, 5.74) is 1.19. The third kappa shape index (κ3) is 4.85. The molecule has 0 aromatic heterocycles. The molecule has 2 rings (SSSR count). The maximum atomic E-state index is 11.2. The molecule has 0 unspecified atom stereocenters. The number of rotatable bonds is 8. The van der Waals surface area contributed by atoms with E-state index in [1.165, 1.54) is 24.8 Å². The summed E-state index contributed by atoms with van der Waals surface area (Å²) in [7, 11) is 0. The highest BCUT2D eigenvalue weighted by Gasteiger charge is 2.18. The fraction of sp³-hybridized carbons (Fsp3) is 0.562. The monoisotopic (exact) mass is 277 g/mol. The summed E-state index contributed by atoms with van der Waals surface area (Å²) in [5.74, 6) is 0.800. The lowest BCUT2D eigenvalue weighted by atomic mass is 9.96. The minimum atomic E-state index is -0.149. The van der Waals surface area contributed by atoms with Crippen molar-refractivity contribution in [3.05, 3.63) is 29.8 Å². The molecule has 1 aliphatic rings. The van der Waals surface area contributed by atoms with Crippen LogP contribution in [0, 0.1) is 0 Å². The average Bonchev–Trinajstić information content (AvgIpc) is 2.41. The molecule has 1 aromatic carbocycles. The van der Waals surface area contributed by atoms with Gasteiger partial charge in [-0.05, 0) is 43.9 Å². The van der Waals surface area contributed by atoms with E-state index in [0.29, 0.717) is 25.7 Å². The van der Waals surface area contributed by atoms with Crippen LogP contribution < -0.4 is 10.1 Å². The molecule has 0 heterocycles. The Morgan fingerprint density at radius 3 is 2.65 bits per heavy atom. The highest BCUT2D eigenvalue weighted by molar-refractivity contribution is 5.69. The molecule has 1 fully saturated rings. The molecule has 0 bridgehead atoms. The number of esters is 1. The van der Waals surface area contributed by atoms with E-state index < -0.39 is 0 Å². The lowest BCUT2D eigenvalue weighted by molar-refractivity contribution is -0.142. The van der Waals surface area contributed by atoms with Crippen LogP contribution in [0.2, 0.25) is 0 Å². The summed E-state index contributed by atoms with van der Waals surface area (Å²) in [6.45, 7) is 3.65. The molecule has 1 saturated carbocycles. The number of carbonyl (C=O) groups is 1. The predicted molar refractivity (Wildman–Crippen MR) is 77.7 cm³/mol. The molecule has 20 heavy (non-hydrogen) atoms. The van der Waals surface area contributed by atoms with Gasteiger partial charge in [0.1, 0.15) is 5.75 Å². The Balaban J connectivity index is 1.64. The van der Waals surface area contributed by atoms with Crippen molar-refractivity contribution in [1.29, 1.82) is 0 Å². The van der Waals surface area contributed by atoms with Gasteiger partial charge in [-0.2, -0.15) is 0 Å². The maximum absolute atomic E-state index is 11.2. The molecule has 1 N–H and O–H groups in total. The second kappa shape index (κ2) is 7.90. The normalized spacial score (nSPS) is 14.7. The van der Waals surface area contributed by atoms with Gasteiger partial charge in [0.15, 0.2) is 0 Å². The van der Waals surface area contributed by atoms with Gasteiger partial charge in [0.2, 0.25) is 0 Å². The first-order valence-electron chi connectivity index (χ1n) is 7.40. The molecule has 0 atom stereocenters. The molecule has 4 heteroatoms. The number of hydrogen-bond donors (Lipinski definition) is 1. The van der Waals surface area contributed by atoms with Gasteiger partial charge >= 0.3 is 5.97 Å². The summed E-state index contributed by atoms with van der Waals surface area (Å²) in [4.78, 5) is 11.2. The van der Waals surface area contributed by atoms with Gasteiger partial charge in [0.25, 0.3) is 0 Å². The molecule has 1 aromatic rings. The topological polar surface area (TPSA) is 47.6 Å². The van der Waals surface area contributed by atoms with Gasteiger partial charge in [-0.25, -0.2) is 0 Å². The van der Waals surface area contributed by atoms with E-state index in [-0.39, 0.29) is 5.97 Å². The Morgan fingerprint density at radius 2 is 2.05 bits per heavy atom. The Labute approximate surface area is 120 Å². The Morgan fingerprint density at radius 1 is 1.30 bits per heavy atom. The highest BCUT2D eigenvalue weighted by Crippen LogP contribution is 2.25. The fourth-order valence-corrected chi connectivity index (χ4v) is 2.02. The van der Waals surface area contributed by atoms with Gasteiger partial charge in [0.05, 0.1) is 19.1 Å². The van der Waals surface area contributed by atoms with Crippen LogP contribution in [0.5, 0.6) is 5.75 Å². The van der Waals surface area contributed by atoms with Crippen LogP contribution in [0.25, 0.3) is 0 Å². The van der Waals surface area contributed by atoms with Gasteiger partial charge < -0.3 is 14.8 Å². The van der Waals surface area contributed by atoms with E-state index in [1.807, 2.05) is 19.1 Å². The number of ether oxygens (including phenoxy) is 2. The first-order valence-corrected chi connectivity index (χ1v) is 7.40. The van der Waals surface area contributed by atoms with Crippen molar-refractivity contribution < 1.29 is 14.3 Å². The summed E-state index contributed by atoms with van der Waals surface area (Å²) < 4.78 is 10.7. The lowest BCUT2D eigenvalue weighted by Crippen LogP contribution is -2.24. The van der Waals surface area contributed by atoms with Gasteiger partial charge in [0, 0.05) is 13.1 Å². The quantitative estimate of drug-likeness (QED) is 0.586. The van der Waals surface area contributed by atoms with Crippen molar-refractivity contribution in [2.45, 2.75) is 45.3 Å². The zero-order valence-corrected chi connectivity index (χ0v) is 12.1. The van der Waals surface area contributed by atoms with E-state index in [9.17, 15) is 4.79 Å². The number of hydrogen-bond acceptors (Lipinski definition) is 4. The lowest BCUT2D eigenvalue weighted by Gasteiger charge is -2.26. The Bertz CT molecular complexity index is 412. The SMILES string of the molecule is CCOC(=O)CCNCc1ccc(OC2CCC2)cc1. The minimum absolute atomic E-state index is 0.149. The van der Waals surface area contributed by atoms with Crippen LogP contribution in [-0.2, 0) is 16.1 Å². The largest absolute Gasteiger partial charge is 0.490 e. The number of benzene rings is 1. The summed E-state index contributed by atoms with van der Waals surface area (Å²) >= 11 is 0. The third-order valence-electron chi connectivity index (χ3n) is 3.42. The van der Waals surface area contributed by atoms with Crippen molar-refractivity contribution in [1.82, 2.24) is 5.32 Å². The summed E-state index contributed by atoms with van der Waals surface area (Å²) in [5, 5.41) is 3.23. The molecule has 4 nitrogen and oxygen atoms in total. The molecule has 0 aliphatic heterocycles. The number of carbonyl (C=O) groups excluding carboxylic acids is 1. The highest BCUT2D eigenvalue weighted by atomic mass is 16.5. The van der Waals surface area contributed by atoms with Crippen molar-refractivity contribution in [2.75, 3.05) is 13.2 Å². The van der Waals surface area contributed by atoms with E-state index in [2.05, 4.69) is 17.4 Å². The first kappa shape index (κ1) is 14.9. The molecular formula is C16H23NO3. The summed E-state index contributed by atoms with van der Waals surface area (Å²) in [6, 6.07) is 8.15. The molecular weight excluding hydrogens is 254 g/mol. The smallest absolute Gasteiger partial charge is 0.307 e. The average molecular weight is 277 g/mol. The van der Waals surface area contributed by atoms with Crippen LogP contribution in [0.1, 0.15) is 38.2 Å². The molecule has 1 aliphatic carbocycles. The van der Waals surface area contributed by atoms with Crippen LogP contribution >= 0.6 is 0 Å². The third-order valence-corrected chi connectivity index (χ3v) is 3.42. The molecule has 0 radical (unpaired) electrons. The van der Waals surface area contributed by atoms with E-state index in [4.69, 9.17) is 9.47 Å². The van der Waals surface area contributed by atoms with Crippen molar-refractivity contribution in [3.8, 4) is 5.75 Å². The Kier molecular flexibility index (Phi) is 5.87. The standard InChI is InChI=1S/C16H23NO3/c1-2-19-16(18)10-11-17-12-13-6-8-15(9-7-13)20-14-4-3-5-14/h6-9,14,17H,2-5,10-12H2,1H3. The fourth-order valence-electron chi connectivity index (χ4n) is 2.02. The van der Waals surface area contributed by atoms with E-state index in [1.54, 1.807) is 0 Å². The van der Waals surface area contributed by atoms with Crippen LogP contribution in [0.15, 0.2) is 24.3 Å². The molecule has 0 amide bonds. The molecule has 0 saturated heterocycles. The molecule has 0 spiro atoms.